The van der Waals surface area contributed by atoms with Crippen LogP contribution in [0.1, 0.15) is 5.69 Å². The van der Waals surface area contributed by atoms with Gasteiger partial charge < -0.3 is 9.94 Å². The Balaban J connectivity index is 1.55. The van der Waals surface area contributed by atoms with E-state index in [0.29, 0.717) is 50.5 Å². The van der Waals surface area contributed by atoms with Gasteiger partial charge in [-0.1, -0.05) is 28.3 Å². The van der Waals surface area contributed by atoms with Crippen molar-refractivity contribution in [2.24, 2.45) is 0 Å². The van der Waals surface area contributed by atoms with Gasteiger partial charge in [0.2, 0.25) is 0 Å². The van der Waals surface area contributed by atoms with Crippen LogP contribution in [0.25, 0.3) is 26.8 Å². The monoisotopic (exact) mass is 450 g/mol. The highest BCUT2D eigenvalue weighted by Gasteiger charge is 2.17. The number of ether oxygens (including phenoxy) is 1. The van der Waals surface area contributed by atoms with Crippen molar-refractivity contribution in [3.05, 3.63) is 87.2 Å². The van der Waals surface area contributed by atoms with Gasteiger partial charge in [0.1, 0.15) is 11.4 Å². The zero-order valence-electron chi connectivity index (χ0n) is 15.7. The third-order valence-electron chi connectivity index (χ3n) is 4.80. The van der Waals surface area contributed by atoms with E-state index in [4.69, 9.17) is 34.5 Å². The van der Waals surface area contributed by atoms with Crippen LogP contribution in [-0.2, 0) is 6.54 Å². The second kappa shape index (κ2) is 7.47. The average molecular weight is 451 g/mol. The number of nitrogens with zero attached hydrogens (tertiary/aromatic N) is 5. The Hall–Kier alpha value is -3.80. The molecule has 0 fully saturated rings. The molecule has 0 saturated heterocycles. The Kier molecular flexibility index (Phi) is 4.62. The van der Waals surface area contributed by atoms with Gasteiger partial charge in [0.05, 0.1) is 46.8 Å². The molecule has 31 heavy (non-hydrogen) atoms. The number of aromatic nitrogens is 5. The SMILES string of the molecule is [C-]#[N+]c1cc(Cl)cc(Oc2c(Cl)ccc3c2cnn3Cc2n[nH]c3c2ccc[n+]3[O-])c1. The lowest BCUT2D eigenvalue weighted by Gasteiger charge is -2.10. The molecule has 3 heterocycles. The molecule has 0 aliphatic rings. The summed E-state index contributed by atoms with van der Waals surface area (Å²) >= 11 is 12.5. The number of nitrogens with one attached hydrogen (secondary N) is 1. The lowest BCUT2D eigenvalue weighted by molar-refractivity contribution is -0.579. The van der Waals surface area contributed by atoms with E-state index >= 15 is 0 Å². The molecular weight excluding hydrogens is 439 g/mol. The van der Waals surface area contributed by atoms with Crippen molar-refractivity contribution in [2.45, 2.75) is 6.54 Å². The van der Waals surface area contributed by atoms with Crippen LogP contribution in [0.4, 0.5) is 5.69 Å². The average Bonchev–Trinajstić information content (AvgIpc) is 3.35. The van der Waals surface area contributed by atoms with Crippen LogP contribution < -0.4 is 9.47 Å². The molecule has 0 amide bonds. The van der Waals surface area contributed by atoms with Gasteiger partial charge in [0.25, 0.3) is 0 Å². The Labute approximate surface area is 185 Å². The number of hydrogen-bond acceptors (Lipinski definition) is 4. The fourth-order valence-corrected chi connectivity index (χ4v) is 3.82. The first kappa shape index (κ1) is 19.2. The van der Waals surface area contributed by atoms with Crippen molar-refractivity contribution >= 4 is 50.8 Å². The van der Waals surface area contributed by atoms with E-state index in [0.717, 1.165) is 15.6 Å². The summed E-state index contributed by atoms with van der Waals surface area (Å²) in [5.41, 5.74) is 2.20. The summed E-state index contributed by atoms with van der Waals surface area (Å²) in [4.78, 5) is 3.40. The molecule has 0 spiro atoms. The fourth-order valence-electron chi connectivity index (χ4n) is 3.40. The molecule has 10 heteroatoms. The quantitative estimate of drug-likeness (QED) is 0.230. The minimum absolute atomic E-state index is 0.341. The van der Waals surface area contributed by atoms with Crippen molar-refractivity contribution < 1.29 is 9.47 Å². The molecule has 0 radical (unpaired) electrons. The van der Waals surface area contributed by atoms with Crippen LogP contribution in [-0.4, -0.2) is 20.0 Å². The number of hydrogen-bond donors (Lipinski definition) is 1. The highest BCUT2D eigenvalue weighted by molar-refractivity contribution is 6.33. The molecular formula is C21H12Cl2N6O2. The summed E-state index contributed by atoms with van der Waals surface area (Å²) in [5, 5.41) is 25.6. The molecule has 0 aliphatic carbocycles. The lowest BCUT2D eigenvalue weighted by Crippen LogP contribution is -2.26. The van der Waals surface area contributed by atoms with Gasteiger partial charge in [-0.2, -0.15) is 5.10 Å². The zero-order chi connectivity index (χ0) is 21.5. The molecule has 0 bridgehead atoms. The summed E-state index contributed by atoms with van der Waals surface area (Å²) in [6.45, 7) is 7.54. The number of benzene rings is 2. The largest absolute Gasteiger partial charge is 0.711 e. The van der Waals surface area contributed by atoms with E-state index in [1.807, 2.05) is 12.1 Å². The normalized spacial score (nSPS) is 11.1. The molecule has 0 atom stereocenters. The highest BCUT2D eigenvalue weighted by Crippen LogP contribution is 2.38. The summed E-state index contributed by atoms with van der Waals surface area (Å²) in [5.74, 6) is 0.812. The van der Waals surface area contributed by atoms with E-state index in [-0.39, 0.29) is 0 Å². The van der Waals surface area contributed by atoms with E-state index < -0.39 is 0 Å². The Morgan fingerprint density at radius 3 is 2.90 bits per heavy atom. The zero-order valence-corrected chi connectivity index (χ0v) is 17.2. The number of rotatable bonds is 4. The maximum Gasteiger partial charge on any atom is 0.312 e. The van der Waals surface area contributed by atoms with Crippen molar-refractivity contribution in [1.29, 1.82) is 0 Å². The van der Waals surface area contributed by atoms with E-state index in [1.165, 1.54) is 6.20 Å². The number of aromatic amines is 1. The molecule has 2 aromatic carbocycles. The molecule has 152 valence electrons. The van der Waals surface area contributed by atoms with Crippen molar-refractivity contribution in [1.82, 2.24) is 20.0 Å². The summed E-state index contributed by atoms with van der Waals surface area (Å²) in [6, 6.07) is 11.8. The molecule has 3 aromatic heterocycles. The maximum absolute atomic E-state index is 11.9. The predicted molar refractivity (Wildman–Crippen MR) is 117 cm³/mol. The second-order valence-electron chi connectivity index (χ2n) is 6.74. The van der Waals surface area contributed by atoms with Crippen LogP contribution in [0.2, 0.25) is 10.0 Å². The van der Waals surface area contributed by atoms with Crippen LogP contribution in [0.3, 0.4) is 0 Å². The third-order valence-corrected chi connectivity index (χ3v) is 5.32. The molecule has 0 unspecified atom stereocenters. The van der Waals surface area contributed by atoms with Gasteiger partial charge in [-0.15, -0.1) is 5.10 Å². The number of halogens is 2. The topological polar surface area (TPSA) is 87.0 Å². The summed E-state index contributed by atoms with van der Waals surface area (Å²) < 4.78 is 8.49. The van der Waals surface area contributed by atoms with Crippen LogP contribution in [0, 0.1) is 11.8 Å². The summed E-state index contributed by atoms with van der Waals surface area (Å²) in [6.07, 6.45) is 3.06. The van der Waals surface area contributed by atoms with Crippen molar-refractivity contribution in [2.75, 3.05) is 0 Å². The smallest absolute Gasteiger partial charge is 0.312 e. The van der Waals surface area contributed by atoms with Crippen molar-refractivity contribution in [3.63, 3.8) is 0 Å². The number of pyridine rings is 1. The summed E-state index contributed by atoms with van der Waals surface area (Å²) in [7, 11) is 0. The van der Waals surface area contributed by atoms with E-state index in [2.05, 4.69) is 20.1 Å². The molecule has 8 nitrogen and oxygen atoms in total. The first-order valence-corrected chi connectivity index (χ1v) is 9.84. The first-order valence-electron chi connectivity index (χ1n) is 9.08. The third kappa shape index (κ3) is 3.40. The second-order valence-corrected chi connectivity index (χ2v) is 7.58. The van der Waals surface area contributed by atoms with Gasteiger partial charge in [-0.3, -0.25) is 4.68 Å². The minimum atomic E-state index is 0.341. The molecule has 5 rings (SSSR count). The lowest BCUT2D eigenvalue weighted by atomic mass is 10.2. The Morgan fingerprint density at radius 2 is 2.06 bits per heavy atom. The molecule has 0 saturated carbocycles. The van der Waals surface area contributed by atoms with Crippen molar-refractivity contribution in [3.8, 4) is 11.5 Å². The highest BCUT2D eigenvalue weighted by atomic mass is 35.5. The molecule has 1 N–H and O–H groups in total. The Bertz CT molecular complexity index is 1500. The van der Waals surface area contributed by atoms with E-state index in [9.17, 15) is 5.21 Å². The number of fused-ring (bicyclic) bond motifs is 2. The minimum Gasteiger partial charge on any atom is -0.711 e. The fraction of sp³-hybridized carbons (Fsp3) is 0.0476. The van der Waals surface area contributed by atoms with Gasteiger partial charge >= 0.3 is 5.65 Å². The molecule has 0 aliphatic heterocycles. The van der Waals surface area contributed by atoms with Crippen LogP contribution >= 0.6 is 23.2 Å². The van der Waals surface area contributed by atoms with E-state index in [1.54, 1.807) is 41.2 Å². The van der Waals surface area contributed by atoms with Gasteiger partial charge in [0, 0.05) is 5.02 Å². The number of H-pyrrole nitrogens is 1. The van der Waals surface area contributed by atoms with Crippen LogP contribution in [0.15, 0.2) is 54.9 Å². The van der Waals surface area contributed by atoms with Gasteiger partial charge in [0.15, 0.2) is 11.4 Å². The standard InChI is InChI=1S/C21H12Cl2N6O2/c1-24-13-7-12(22)8-14(9-13)31-20-16-10-25-28(19(16)5-4-17(20)23)11-18-15-3-2-6-29(30)21(15)27-26-18/h2-10H,11H2,(H,26,27). The van der Waals surface area contributed by atoms with Gasteiger partial charge in [-0.25, -0.2) is 9.58 Å². The van der Waals surface area contributed by atoms with Crippen LogP contribution in [0.5, 0.6) is 11.5 Å². The first-order chi connectivity index (χ1) is 15.0. The van der Waals surface area contributed by atoms with Gasteiger partial charge in [-0.05, 0) is 42.5 Å². The Morgan fingerprint density at radius 1 is 1.19 bits per heavy atom. The maximum atomic E-state index is 11.9. The predicted octanol–water partition coefficient (Wildman–Crippen LogP) is 5.24. The molecule has 5 aromatic rings.